The number of aromatic nitrogens is 1. The molecule has 17 heavy (non-hydrogen) atoms. The second-order valence-electron chi connectivity index (χ2n) is 3.93. The van der Waals surface area contributed by atoms with Gasteiger partial charge in [0.05, 0.1) is 5.56 Å². The van der Waals surface area contributed by atoms with E-state index >= 15 is 0 Å². The number of aromatic carboxylic acids is 1. The van der Waals surface area contributed by atoms with E-state index in [9.17, 15) is 9.59 Å². The maximum Gasteiger partial charge on any atom is 0.337 e. The topological polar surface area (TPSA) is 59.3 Å². The van der Waals surface area contributed by atoms with Gasteiger partial charge in [-0.1, -0.05) is 0 Å². The molecule has 0 atom stereocenters. The van der Waals surface area contributed by atoms with Crippen molar-refractivity contribution in [2.45, 2.75) is 26.8 Å². The summed E-state index contributed by atoms with van der Waals surface area (Å²) in [6, 6.07) is 1.40. The number of nitrogens with zero attached hydrogens (tertiary/aromatic N) is 1. The Labute approximate surface area is 105 Å². The maximum atomic E-state index is 11.8. The van der Waals surface area contributed by atoms with Gasteiger partial charge in [-0.05, 0) is 37.8 Å². The summed E-state index contributed by atoms with van der Waals surface area (Å²) >= 11 is 1.71. The fourth-order valence-corrected chi connectivity index (χ4v) is 2.31. The minimum Gasteiger partial charge on any atom is -0.478 e. The molecule has 0 aliphatic carbocycles. The molecule has 1 N–H and O–H groups in total. The van der Waals surface area contributed by atoms with Crippen LogP contribution in [0.1, 0.15) is 28.0 Å². The van der Waals surface area contributed by atoms with Crippen LogP contribution in [-0.2, 0) is 6.54 Å². The third-order valence-corrected chi connectivity index (χ3v) is 3.41. The molecule has 1 heterocycles. The summed E-state index contributed by atoms with van der Waals surface area (Å²) in [5.74, 6) is -0.0130. The number of carboxylic acids is 1. The summed E-state index contributed by atoms with van der Waals surface area (Å²) in [6.07, 6.45) is 2.87. The SMILES string of the molecule is CSCCCn1c(C)c(C(=O)O)c(C)cc1=O. The number of hydrogen-bond donors (Lipinski definition) is 1. The van der Waals surface area contributed by atoms with Crippen LogP contribution in [0.2, 0.25) is 0 Å². The first kappa shape index (κ1) is 13.8. The smallest absolute Gasteiger partial charge is 0.337 e. The summed E-state index contributed by atoms with van der Waals surface area (Å²) < 4.78 is 1.55. The van der Waals surface area contributed by atoms with Gasteiger partial charge in [0, 0.05) is 18.3 Å². The molecule has 1 aromatic heterocycles. The Kier molecular flexibility index (Phi) is 4.81. The third-order valence-electron chi connectivity index (χ3n) is 2.71. The van der Waals surface area contributed by atoms with Gasteiger partial charge in [0.1, 0.15) is 0 Å². The number of aryl methyl sites for hydroxylation is 1. The number of thioether (sulfide) groups is 1. The molecular weight excluding hydrogens is 238 g/mol. The number of hydrogen-bond acceptors (Lipinski definition) is 3. The van der Waals surface area contributed by atoms with Crippen molar-refractivity contribution in [1.82, 2.24) is 4.57 Å². The highest BCUT2D eigenvalue weighted by atomic mass is 32.2. The zero-order valence-corrected chi connectivity index (χ0v) is 11.1. The van der Waals surface area contributed by atoms with E-state index in [0.717, 1.165) is 12.2 Å². The molecule has 0 bridgehead atoms. The lowest BCUT2D eigenvalue weighted by Gasteiger charge is -2.13. The monoisotopic (exact) mass is 255 g/mol. The summed E-state index contributed by atoms with van der Waals surface area (Å²) in [5, 5.41) is 9.11. The first-order valence-electron chi connectivity index (χ1n) is 5.42. The molecule has 0 unspecified atom stereocenters. The highest BCUT2D eigenvalue weighted by molar-refractivity contribution is 7.98. The van der Waals surface area contributed by atoms with Crippen molar-refractivity contribution >= 4 is 17.7 Å². The summed E-state index contributed by atoms with van der Waals surface area (Å²) in [5.41, 5.74) is 1.20. The zero-order valence-electron chi connectivity index (χ0n) is 10.3. The van der Waals surface area contributed by atoms with Crippen LogP contribution >= 0.6 is 11.8 Å². The molecule has 4 nitrogen and oxygen atoms in total. The number of carbonyl (C=O) groups is 1. The maximum absolute atomic E-state index is 11.8. The second kappa shape index (κ2) is 5.91. The predicted octanol–water partition coefficient (Wildman–Crippen LogP) is 1.92. The molecule has 0 aromatic carbocycles. The fraction of sp³-hybridized carbons (Fsp3) is 0.500. The molecule has 1 aromatic rings. The molecule has 0 saturated carbocycles. The van der Waals surface area contributed by atoms with Gasteiger partial charge in [0.25, 0.3) is 5.56 Å². The number of pyridine rings is 1. The molecule has 94 valence electrons. The van der Waals surface area contributed by atoms with Crippen LogP contribution in [0.15, 0.2) is 10.9 Å². The van der Waals surface area contributed by atoms with E-state index in [1.54, 1.807) is 30.2 Å². The van der Waals surface area contributed by atoms with Crippen LogP contribution in [0.3, 0.4) is 0 Å². The Morgan fingerprint density at radius 1 is 1.47 bits per heavy atom. The van der Waals surface area contributed by atoms with Crippen molar-refractivity contribution in [2.75, 3.05) is 12.0 Å². The molecule has 0 aliphatic rings. The van der Waals surface area contributed by atoms with Crippen molar-refractivity contribution in [2.24, 2.45) is 0 Å². The van der Waals surface area contributed by atoms with Gasteiger partial charge in [0.15, 0.2) is 0 Å². The van der Waals surface area contributed by atoms with Gasteiger partial charge in [-0.15, -0.1) is 0 Å². The van der Waals surface area contributed by atoms with Crippen LogP contribution in [0.25, 0.3) is 0 Å². The average Bonchev–Trinajstić information content (AvgIpc) is 2.21. The molecular formula is C12H17NO3S. The van der Waals surface area contributed by atoms with E-state index in [4.69, 9.17) is 5.11 Å². The van der Waals surface area contributed by atoms with Crippen LogP contribution in [0.4, 0.5) is 0 Å². The largest absolute Gasteiger partial charge is 0.478 e. The van der Waals surface area contributed by atoms with E-state index in [1.807, 2.05) is 6.26 Å². The van der Waals surface area contributed by atoms with Crippen molar-refractivity contribution in [1.29, 1.82) is 0 Å². The number of carboxylic acid groups (broad SMARTS) is 1. The van der Waals surface area contributed by atoms with Crippen LogP contribution in [-0.4, -0.2) is 27.7 Å². The van der Waals surface area contributed by atoms with Gasteiger partial charge in [-0.2, -0.15) is 11.8 Å². The Balaban J connectivity index is 3.17. The second-order valence-corrected chi connectivity index (χ2v) is 4.91. The fourth-order valence-electron chi connectivity index (χ4n) is 1.89. The van der Waals surface area contributed by atoms with Crippen LogP contribution < -0.4 is 5.56 Å². The summed E-state index contributed by atoms with van der Waals surface area (Å²) in [7, 11) is 0. The first-order valence-corrected chi connectivity index (χ1v) is 6.81. The lowest BCUT2D eigenvalue weighted by molar-refractivity contribution is 0.0694. The quantitative estimate of drug-likeness (QED) is 0.817. The highest BCUT2D eigenvalue weighted by Gasteiger charge is 2.15. The van der Waals surface area contributed by atoms with Gasteiger partial charge >= 0.3 is 5.97 Å². The standard InChI is InChI=1S/C12H17NO3S/c1-8-7-10(14)13(5-4-6-17-3)9(2)11(8)12(15)16/h7H,4-6H2,1-3H3,(H,15,16). The van der Waals surface area contributed by atoms with E-state index < -0.39 is 5.97 Å². The van der Waals surface area contributed by atoms with Crippen LogP contribution in [0.5, 0.6) is 0 Å². The Hall–Kier alpha value is -1.23. The summed E-state index contributed by atoms with van der Waals surface area (Å²) in [6.45, 7) is 3.92. The Morgan fingerprint density at radius 2 is 2.12 bits per heavy atom. The Bertz CT molecular complexity index is 479. The van der Waals surface area contributed by atoms with Crippen molar-refractivity contribution in [3.05, 3.63) is 33.2 Å². The average molecular weight is 255 g/mol. The molecule has 0 saturated heterocycles. The summed E-state index contributed by atoms with van der Waals surface area (Å²) in [4.78, 5) is 22.9. The van der Waals surface area contributed by atoms with E-state index in [2.05, 4.69) is 0 Å². The van der Waals surface area contributed by atoms with Gasteiger partial charge in [0.2, 0.25) is 0 Å². The third kappa shape index (κ3) is 3.12. The Morgan fingerprint density at radius 3 is 2.65 bits per heavy atom. The number of rotatable bonds is 5. The van der Waals surface area contributed by atoms with Gasteiger partial charge < -0.3 is 9.67 Å². The lowest BCUT2D eigenvalue weighted by Crippen LogP contribution is -2.25. The van der Waals surface area contributed by atoms with Gasteiger partial charge in [-0.3, -0.25) is 4.79 Å². The minimum absolute atomic E-state index is 0.119. The molecule has 0 spiro atoms. The van der Waals surface area contributed by atoms with E-state index in [0.29, 0.717) is 17.8 Å². The first-order chi connectivity index (χ1) is 7.99. The molecule has 1 rings (SSSR count). The van der Waals surface area contributed by atoms with Crippen LogP contribution in [0, 0.1) is 13.8 Å². The highest BCUT2D eigenvalue weighted by Crippen LogP contribution is 2.12. The lowest BCUT2D eigenvalue weighted by atomic mass is 10.1. The van der Waals surface area contributed by atoms with Crippen molar-refractivity contribution < 1.29 is 9.90 Å². The predicted molar refractivity (Wildman–Crippen MR) is 70.1 cm³/mol. The van der Waals surface area contributed by atoms with Crippen molar-refractivity contribution in [3.8, 4) is 0 Å². The van der Waals surface area contributed by atoms with E-state index in [-0.39, 0.29) is 11.1 Å². The molecule has 0 amide bonds. The van der Waals surface area contributed by atoms with Gasteiger partial charge in [-0.25, -0.2) is 4.79 Å². The molecule has 0 radical (unpaired) electrons. The molecule has 5 heteroatoms. The minimum atomic E-state index is -0.974. The van der Waals surface area contributed by atoms with Crippen molar-refractivity contribution in [3.63, 3.8) is 0 Å². The molecule has 0 aliphatic heterocycles. The zero-order chi connectivity index (χ0) is 13.0. The van der Waals surface area contributed by atoms with E-state index in [1.165, 1.54) is 6.07 Å². The molecule has 0 fully saturated rings. The normalized spacial score (nSPS) is 10.5.